The number of phenols is 1. The monoisotopic (exact) mass is 236 g/mol. The standard InChI is InChI=1S/C11H12N2O4/c14-9-3-1-8(2-4-9)13-10(15)5-6-12(13)7-11(16)17/h1-4,14H,5-7H2,(H,16,17). The number of hydrogen-bond acceptors (Lipinski definition) is 4. The van der Waals surface area contributed by atoms with Crippen LogP contribution in [0.3, 0.4) is 0 Å². The molecule has 1 heterocycles. The van der Waals surface area contributed by atoms with Crippen LogP contribution in [0.2, 0.25) is 0 Å². The Bertz CT molecular complexity index is 443. The Morgan fingerprint density at radius 1 is 1.29 bits per heavy atom. The summed E-state index contributed by atoms with van der Waals surface area (Å²) < 4.78 is 0. The molecular weight excluding hydrogens is 224 g/mol. The third-order valence-corrected chi connectivity index (χ3v) is 2.51. The second-order valence-corrected chi connectivity index (χ2v) is 3.75. The number of amides is 1. The van der Waals surface area contributed by atoms with Crippen molar-refractivity contribution < 1.29 is 19.8 Å². The SMILES string of the molecule is O=C(O)CN1CCC(=O)N1c1ccc(O)cc1. The highest BCUT2D eigenvalue weighted by molar-refractivity contribution is 5.95. The molecule has 0 aliphatic carbocycles. The average Bonchev–Trinajstić information content (AvgIpc) is 2.61. The Morgan fingerprint density at radius 2 is 1.94 bits per heavy atom. The summed E-state index contributed by atoms with van der Waals surface area (Å²) >= 11 is 0. The van der Waals surface area contributed by atoms with Crippen LogP contribution in [0.25, 0.3) is 0 Å². The zero-order valence-corrected chi connectivity index (χ0v) is 9.04. The van der Waals surface area contributed by atoms with Gasteiger partial charge in [0.2, 0.25) is 5.91 Å². The quantitative estimate of drug-likeness (QED) is 0.795. The predicted octanol–water partition coefficient (Wildman–Crippen LogP) is 0.430. The molecule has 1 saturated heterocycles. The largest absolute Gasteiger partial charge is 0.508 e. The Balaban J connectivity index is 2.24. The van der Waals surface area contributed by atoms with Gasteiger partial charge in [-0.05, 0) is 24.3 Å². The number of phenolic OH excluding ortho intramolecular Hbond substituents is 1. The highest BCUT2D eigenvalue weighted by Gasteiger charge is 2.31. The minimum absolute atomic E-state index is 0.102. The van der Waals surface area contributed by atoms with Crippen LogP contribution in [0.4, 0.5) is 5.69 Å². The van der Waals surface area contributed by atoms with Gasteiger partial charge in [0.25, 0.3) is 0 Å². The number of carbonyl (C=O) groups is 2. The normalized spacial score (nSPS) is 16.5. The van der Waals surface area contributed by atoms with Crippen molar-refractivity contribution in [1.82, 2.24) is 5.01 Å². The topological polar surface area (TPSA) is 81.1 Å². The fraction of sp³-hybridized carbons (Fsp3) is 0.273. The van der Waals surface area contributed by atoms with Gasteiger partial charge in [-0.25, -0.2) is 10.0 Å². The molecule has 1 aliphatic rings. The van der Waals surface area contributed by atoms with E-state index in [9.17, 15) is 9.59 Å². The van der Waals surface area contributed by atoms with Gasteiger partial charge in [-0.3, -0.25) is 9.59 Å². The maximum absolute atomic E-state index is 11.7. The molecule has 90 valence electrons. The lowest BCUT2D eigenvalue weighted by Gasteiger charge is -2.26. The molecule has 0 unspecified atom stereocenters. The number of carboxylic acid groups (broad SMARTS) is 1. The third-order valence-electron chi connectivity index (χ3n) is 2.51. The first-order valence-electron chi connectivity index (χ1n) is 5.16. The van der Waals surface area contributed by atoms with Crippen molar-refractivity contribution in [3.63, 3.8) is 0 Å². The number of nitrogens with zero attached hydrogens (tertiary/aromatic N) is 2. The molecule has 6 heteroatoms. The molecule has 0 bridgehead atoms. The lowest BCUT2D eigenvalue weighted by Crippen LogP contribution is -2.42. The van der Waals surface area contributed by atoms with Crippen molar-refractivity contribution in [2.75, 3.05) is 18.1 Å². The third kappa shape index (κ3) is 2.36. The number of aliphatic carboxylic acids is 1. The summed E-state index contributed by atoms with van der Waals surface area (Å²) in [5, 5.41) is 20.7. The zero-order chi connectivity index (χ0) is 12.4. The van der Waals surface area contributed by atoms with Gasteiger partial charge >= 0.3 is 5.97 Å². The first kappa shape index (κ1) is 11.4. The number of hydrogen-bond donors (Lipinski definition) is 2. The minimum atomic E-state index is -0.983. The fourth-order valence-corrected chi connectivity index (χ4v) is 1.80. The zero-order valence-electron chi connectivity index (χ0n) is 9.04. The molecule has 1 amide bonds. The Morgan fingerprint density at radius 3 is 2.53 bits per heavy atom. The van der Waals surface area contributed by atoms with Gasteiger partial charge < -0.3 is 10.2 Å². The minimum Gasteiger partial charge on any atom is -0.508 e. The summed E-state index contributed by atoms with van der Waals surface area (Å²) in [5.41, 5.74) is 0.562. The van der Waals surface area contributed by atoms with Crippen molar-refractivity contribution >= 4 is 17.6 Å². The van der Waals surface area contributed by atoms with Gasteiger partial charge in [-0.2, -0.15) is 0 Å². The van der Waals surface area contributed by atoms with E-state index in [4.69, 9.17) is 10.2 Å². The smallest absolute Gasteiger partial charge is 0.319 e. The van der Waals surface area contributed by atoms with Crippen molar-refractivity contribution in [2.24, 2.45) is 0 Å². The molecule has 0 spiro atoms. The number of carboxylic acids is 1. The summed E-state index contributed by atoms with van der Waals surface area (Å²) in [7, 11) is 0. The second kappa shape index (κ2) is 4.42. The van der Waals surface area contributed by atoms with Gasteiger partial charge in [0.05, 0.1) is 5.69 Å². The van der Waals surface area contributed by atoms with Gasteiger partial charge in [0.15, 0.2) is 0 Å². The van der Waals surface area contributed by atoms with E-state index < -0.39 is 5.97 Å². The predicted molar refractivity (Wildman–Crippen MR) is 59.4 cm³/mol. The van der Waals surface area contributed by atoms with Gasteiger partial charge in [-0.15, -0.1) is 0 Å². The van der Waals surface area contributed by atoms with Crippen molar-refractivity contribution in [3.8, 4) is 5.75 Å². The maximum atomic E-state index is 11.7. The molecule has 2 rings (SSSR count). The van der Waals surface area contributed by atoms with Gasteiger partial charge in [0.1, 0.15) is 12.3 Å². The lowest BCUT2D eigenvalue weighted by molar-refractivity contribution is -0.138. The van der Waals surface area contributed by atoms with E-state index in [1.807, 2.05) is 0 Å². The van der Waals surface area contributed by atoms with E-state index in [0.29, 0.717) is 18.7 Å². The fourth-order valence-electron chi connectivity index (χ4n) is 1.80. The highest BCUT2D eigenvalue weighted by atomic mass is 16.4. The number of rotatable bonds is 3. The van der Waals surface area contributed by atoms with Crippen LogP contribution in [-0.4, -0.2) is 40.2 Å². The van der Waals surface area contributed by atoms with Crippen molar-refractivity contribution in [3.05, 3.63) is 24.3 Å². The van der Waals surface area contributed by atoms with Crippen molar-refractivity contribution in [2.45, 2.75) is 6.42 Å². The Kier molecular flexibility index (Phi) is 2.97. The summed E-state index contributed by atoms with van der Waals surface area (Å²) in [6, 6.07) is 6.07. The van der Waals surface area contributed by atoms with E-state index >= 15 is 0 Å². The molecule has 0 aromatic heterocycles. The first-order chi connectivity index (χ1) is 8.08. The van der Waals surface area contributed by atoms with Gasteiger partial charge in [0, 0.05) is 13.0 Å². The molecule has 1 fully saturated rings. The second-order valence-electron chi connectivity index (χ2n) is 3.75. The molecule has 1 aromatic rings. The molecule has 2 N–H and O–H groups in total. The summed E-state index contributed by atoms with van der Waals surface area (Å²) in [6.07, 6.45) is 0.300. The highest BCUT2D eigenvalue weighted by Crippen LogP contribution is 2.24. The molecule has 0 radical (unpaired) electrons. The van der Waals surface area contributed by atoms with Crippen LogP contribution in [0, 0.1) is 0 Å². The van der Waals surface area contributed by atoms with Crippen LogP contribution in [-0.2, 0) is 9.59 Å². The van der Waals surface area contributed by atoms with E-state index in [1.54, 1.807) is 12.1 Å². The van der Waals surface area contributed by atoms with Crippen LogP contribution in [0.15, 0.2) is 24.3 Å². The van der Waals surface area contributed by atoms with Crippen LogP contribution >= 0.6 is 0 Å². The maximum Gasteiger partial charge on any atom is 0.319 e. The van der Waals surface area contributed by atoms with E-state index in [0.717, 1.165) is 0 Å². The van der Waals surface area contributed by atoms with Gasteiger partial charge in [-0.1, -0.05) is 0 Å². The summed E-state index contributed by atoms with van der Waals surface area (Å²) in [4.78, 5) is 22.4. The van der Waals surface area contributed by atoms with E-state index in [2.05, 4.69) is 0 Å². The van der Waals surface area contributed by atoms with Crippen LogP contribution < -0.4 is 5.01 Å². The summed E-state index contributed by atoms with van der Waals surface area (Å²) in [6.45, 7) is 0.179. The molecular formula is C11H12N2O4. The number of hydrazine groups is 1. The molecule has 1 aliphatic heterocycles. The Labute approximate surface area is 97.7 Å². The molecule has 0 saturated carbocycles. The molecule has 0 atom stereocenters. The summed E-state index contributed by atoms with van der Waals surface area (Å²) in [5.74, 6) is -1.02. The average molecular weight is 236 g/mol. The first-order valence-corrected chi connectivity index (χ1v) is 5.16. The van der Waals surface area contributed by atoms with Crippen LogP contribution in [0.5, 0.6) is 5.75 Å². The number of carbonyl (C=O) groups excluding carboxylic acids is 1. The number of aromatic hydroxyl groups is 1. The number of benzene rings is 1. The van der Waals surface area contributed by atoms with E-state index in [1.165, 1.54) is 22.2 Å². The molecule has 17 heavy (non-hydrogen) atoms. The number of anilines is 1. The van der Waals surface area contributed by atoms with E-state index in [-0.39, 0.29) is 18.2 Å². The Hall–Kier alpha value is -2.08. The molecule has 1 aromatic carbocycles. The van der Waals surface area contributed by atoms with Crippen molar-refractivity contribution in [1.29, 1.82) is 0 Å². The lowest BCUT2D eigenvalue weighted by atomic mass is 10.3. The molecule has 6 nitrogen and oxygen atoms in total. The van der Waals surface area contributed by atoms with Crippen LogP contribution in [0.1, 0.15) is 6.42 Å².